The summed E-state index contributed by atoms with van der Waals surface area (Å²) in [4.78, 5) is 55.6. The number of hydrogen-bond acceptors (Lipinski definition) is 14. The number of halogens is 4. The van der Waals surface area contributed by atoms with Gasteiger partial charge in [-0.15, -0.1) is 0 Å². The largest absolute Gasteiger partial charge is 0.347 e. The Kier molecular flexibility index (Phi) is 18.2. The van der Waals surface area contributed by atoms with Crippen LogP contribution in [0.1, 0.15) is 144 Å². The predicted molar refractivity (Wildman–Crippen MR) is 384 cm³/mol. The van der Waals surface area contributed by atoms with E-state index in [2.05, 4.69) is 62.7 Å². The first-order chi connectivity index (χ1) is 48.8. The van der Waals surface area contributed by atoms with Crippen molar-refractivity contribution < 1.29 is 36.9 Å². The van der Waals surface area contributed by atoms with Crippen molar-refractivity contribution in [3.05, 3.63) is 209 Å². The van der Waals surface area contributed by atoms with Crippen LogP contribution in [0.5, 0.6) is 0 Å². The number of aromatic nitrogens is 9. The van der Waals surface area contributed by atoms with Crippen molar-refractivity contribution in [2.75, 3.05) is 26.4 Å². The summed E-state index contributed by atoms with van der Waals surface area (Å²) >= 11 is 6.03. The molecular weight excluding hydrogens is 1300 g/mol. The highest BCUT2D eigenvalue weighted by Crippen LogP contribution is 2.60. The maximum Gasteiger partial charge on any atom is 0.171 e. The number of hydrogen-bond donors (Lipinski definition) is 0. The summed E-state index contributed by atoms with van der Waals surface area (Å²) in [6, 6.07) is 31.8. The Labute approximate surface area is 593 Å². The summed E-state index contributed by atoms with van der Waals surface area (Å²) in [6.07, 6.45) is 18.5. The van der Waals surface area contributed by atoms with Crippen LogP contribution in [-0.2, 0) is 59.2 Å². The van der Waals surface area contributed by atoms with Crippen molar-refractivity contribution in [1.29, 1.82) is 0 Å². The third kappa shape index (κ3) is 11.9. The lowest BCUT2D eigenvalue weighted by Gasteiger charge is -2.54. The highest BCUT2D eigenvalue weighted by Gasteiger charge is 2.60. The second-order valence-corrected chi connectivity index (χ2v) is 29.8. The monoisotopic (exact) mass is 1380 g/mol. The normalized spacial score (nSPS) is 26.3. The number of rotatable bonds is 8. The Bertz CT molecular complexity index is 4680. The van der Waals surface area contributed by atoms with E-state index in [0.29, 0.717) is 107 Å². The van der Waals surface area contributed by atoms with E-state index in [4.69, 9.17) is 60.5 Å². The van der Waals surface area contributed by atoms with Crippen molar-refractivity contribution in [3.8, 4) is 67.9 Å². The van der Waals surface area contributed by atoms with Crippen molar-refractivity contribution in [2.24, 2.45) is 35.5 Å². The number of pyridine rings is 3. The van der Waals surface area contributed by atoms with Gasteiger partial charge < -0.3 is 18.9 Å². The third-order valence-corrected chi connectivity index (χ3v) is 24.5. The number of benzene rings is 3. The number of ether oxygens (including phenoxy) is 4. The molecule has 9 aromatic rings. The number of fused-ring (bicyclic) bond motifs is 9. The summed E-state index contributed by atoms with van der Waals surface area (Å²) in [6.45, 7) is 23.6. The zero-order chi connectivity index (χ0) is 70.2. The maximum atomic E-state index is 15.1. The molecule has 0 unspecified atom stereocenters. The second kappa shape index (κ2) is 27.0. The topological polar surface area (TPSA) is 170 Å². The molecule has 3 saturated carbocycles. The number of ketones is 1. The Morgan fingerprint density at radius 1 is 0.446 bits per heavy atom. The molecule has 0 bridgehead atoms. The lowest BCUT2D eigenvalue weighted by atomic mass is 9.54. The third-order valence-electron chi connectivity index (χ3n) is 24.2. The summed E-state index contributed by atoms with van der Waals surface area (Å²) in [5.41, 5.74) is 13.0. The van der Waals surface area contributed by atoms with Crippen LogP contribution in [0, 0.1) is 53.0 Å². The fourth-order valence-electron chi connectivity index (χ4n) is 18.6. The van der Waals surface area contributed by atoms with Gasteiger partial charge in [-0.3, -0.25) is 14.8 Å². The van der Waals surface area contributed by atoms with Crippen molar-refractivity contribution in [1.82, 2.24) is 44.9 Å². The van der Waals surface area contributed by atoms with Crippen LogP contribution in [0.4, 0.5) is 13.2 Å². The first-order valence-electron chi connectivity index (χ1n) is 35.7. The van der Waals surface area contributed by atoms with Gasteiger partial charge >= 0.3 is 0 Å². The first kappa shape index (κ1) is 68.2. The van der Waals surface area contributed by atoms with Gasteiger partial charge in [-0.05, 0) is 160 Å². The van der Waals surface area contributed by atoms with Crippen LogP contribution in [0.25, 0.3) is 80.1 Å². The molecule has 9 atom stereocenters. The van der Waals surface area contributed by atoms with Gasteiger partial charge in [0.25, 0.3) is 0 Å². The van der Waals surface area contributed by atoms with Crippen molar-refractivity contribution >= 4 is 29.5 Å². The van der Waals surface area contributed by atoms with Crippen molar-refractivity contribution in [2.45, 2.75) is 146 Å². The molecule has 0 N–H and O–H groups in total. The number of carbonyl (C=O) groups is 1. The van der Waals surface area contributed by atoms with Gasteiger partial charge in [-0.2, -0.15) is 0 Å². The summed E-state index contributed by atoms with van der Waals surface area (Å²) in [5.74, 6) is 1.56. The summed E-state index contributed by atoms with van der Waals surface area (Å²) < 4.78 is 69.6. The van der Waals surface area contributed by atoms with Crippen LogP contribution in [0.15, 0.2) is 141 Å². The van der Waals surface area contributed by atoms with E-state index in [0.717, 1.165) is 132 Å². The molecule has 3 aromatic carbocycles. The van der Waals surface area contributed by atoms with Crippen LogP contribution in [-0.4, -0.2) is 88.6 Å². The zero-order valence-corrected chi connectivity index (χ0v) is 58.8. The SMILES string of the molecule is C=Cc1ccc(-c2nc(-c3ccccc3F)c3c(n2)[C@]2(C)CCC(=O)[C@H](C)[C@H]2CC3)cn1.C=Cc1ccc(-c2nc(-c3ccccc3F)c3c(n2)[C@]2(C)CCC4(OCCO4)[C@H](C)[C@H]2CC3)cn1.C[C@@H]1[C@H]2CCc3c(-c4ccccc4F)nc(-c4ccc(Cl)nc4)nc3[C@]2(C)CCC12OCCO2. The Morgan fingerprint density at radius 2 is 0.802 bits per heavy atom. The molecule has 8 aliphatic rings. The fourth-order valence-corrected chi connectivity index (χ4v) is 18.8. The molecule has 0 radical (unpaired) electrons. The van der Waals surface area contributed by atoms with E-state index < -0.39 is 11.6 Å². The molecule has 2 saturated heterocycles. The Hall–Kier alpha value is -8.58. The molecule has 0 amide bonds. The number of nitrogens with zero attached hydrogens (tertiary/aromatic N) is 9. The summed E-state index contributed by atoms with van der Waals surface area (Å²) in [5, 5.41) is 0.408. The van der Waals surface area contributed by atoms with Crippen LogP contribution in [0.2, 0.25) is 5.15 Å². The van der Waals surface area contributed by atoms with Crippen LogP contribution < -0.4 is 0 Å². The Balaban J connectivity index is 0.000000123. The number of Topliss-reactive ketones (excluding diaryl/α,β-unsaturated/α-hetero) is 1. The Morgan fingerprint density at radius 3 is 1.15 bits per heavy atom. The lowest BCUT2D eigenvalue weighted by Crippen LogP contribution is -2.55. The first-order valence-corrected chi connectivity index (χ1v) is 36.0. The molecule has 17 rings (SSSR count). The quantitative estimate of drug-likeness (QED) is 0.132. The van der Waals surface area contributed by atoms with Gasteiger partial charge in [0.1, 0.15) is 28.4 Å². The van der Waals surface area contributed by atoms with E-state index in [1.54, 1.807) is 67.1 Å². The standard InChI is InChI=1S/C29H30FN3O2.C27H27ClFN3O2.C27H26FN3O/c1-4-20-10-9-19(17-31-20)27-32-25(21-7-5-6-8-24(21)30)22-11-12-23-18(2)29(34-15-16-35-29)14-13-28(23,3)26(22)33-27;1-16-20-9-8-19-23(18-5-3-4-6-21(18)29)31-25(17-7-10-22(28)30-15-17)32-24(19)26(20,2)11-12-27(16)33-13-14-34-27;1-4-18-10-9-17(15-29-18)26-30-24(19-7-5-6-8-22(19)28)20-11-12-21-16(2)23(32)13-14-27(21,3)25(20)31-26/h4-10,17-18,23H,1,11-16H2,2-3H3;3-7,10,15-16,20H,8-9,11-14H2,1-2H3;4-10,15-16,21H,1,11-14H2,2-3H3/t18-,23-,28-;16-,20-,26-;16-,21-,27-/m111/s1. The molecule has 18 heteroatoms. The molecule has 5 fully saturated rings. The predicted octanol–water partition coefficient (Wildman–Crippen LogP) is 17.8. The van der Waals surface area contributed by atoms with Gasteiger partial charge in [0, 0.05) is 122 Å². The zero-order valence-electron chi connectivity index (χ0n) is 58.0. The highest BCUT2D eigenvalue weighted by molar-refractivity contribution is 6.29. The molecule has 8 heterocycles. The van der Waals surface area contributed by atoms with E-state index in [1.807, 2.05) is 61.5 Å². The molecular formula is C83H83ClF3N9O5. The molecule has 518 valence electrons. The average molecular weight is 1380 g/mol. The molecule has 6 aromatic heterocycles. The molecule has 6 aliphatic carbocycles. The minimum Gasteiger partial charge on any atom is -0.347 e. The van der Waals surface area contributed by atoms with Gasteiger partial charge in [0.2, 0.25) is 0 Å². The van der Waals surface area contributed by atoms with Gasteiger partial charge in [-0.25, -0.2) is 48.1 Å². The summed E-state index contributed by atoms with van der Waals surface area (Å²) in [7, 11) is 0. The second-order valence-electron chi connectivity index (χ2n) is 29.4. The van der Waals surface area contributed by atoms with Crippen molar-refractivity contribution in [3.63, 3.8) is 0 Å². The van der Waals surface area contributed by atoms with Gasteiger partial charge in [0.05, 0.1) is 72.0 Å². The van der Waals surface area contributed by atoms with E-state index in [1.165, 1.54) is 18.2 Å². The lowest BCUT2D eigenvalue weighted by molar-refractivity contribution is -0.234. The van der Waals surface area contributed by atoms with E-state index in [9.17, 15) is 13.6 Å². The van der Waals surface area contributed by atoms with Gasteiger partial charge in [-0.1, -0.05) is 103 Å². The fraction of sp³-hybridized carbons (Fsp3) is 0.398. The molecule has 2 spiro atoms. The van der Waals surface area contributed by atoms with Crippen LogP contribution >= 0.6 is 11.6 Å². The smallest absolute Gasteiger partial charge is 0.171 e. The molecule has 14 nitrogen and oxygen atoms in total. The van der Waals surface area contributed by atoms with Crippen LogP contribution in [0.3, 0.4) is 0 Å². The minimum absolute atomic E-state index is 0.00534. The van der Waals surface area contributed by atoms with E-state index in [-0.39, 0.29) is 57.4 Å². The highest BCUT2D eigenvalue weighted by atomic mass is 35.5. The molecule has 101 heavy (non-hydrogen) atoms. The minimum atomic E-state index is -0.494. The van der Waals surface area contributed by atoms with Gasteiger partial charge in [0.15, 0.2) is 29.0 Å². The number of carbonyl (C=O) groups excluding carboxylic acids is 1. The molecule has 2 aliphatic heterocycles. The average Bonchev–Trinajstić information content (AvgIpc) is 1.46. The van der Waals surface area contributed by atoms with E-state index >= 15 is 4.39 Å². The maximum absolute atomic E-state index is 15.1.